The van der Waals surface area contributed by atoms with Gasteiger partial charge in [0.2, 0.25) is 5.91 Å². The van der Waals surface area contributed by atoms with Crippen molar-refractivity contribution in [2.45, 2.75) is 45.6 Å². The topological polar surface area (TPSA) is 23.6 Å². The molecule has 3 nitrogen and oxygen atoms in total. The molecule has 0 aromatic heterocycles. The normalized spacial score (nSPS) is 16.6. The highest BCUT2D eigenvalue weighted by Crippen LogP contribution is 2.23. The fraction of sp³-hybridized carbons (Fsp3) is 0.480. The zero-order valence-corrected chi connectivity index (χ0v) is 17.4. The summed E-state index contributed by atoms with van der Waals surface area (Å²) in [6.45, 7) is 8.18. The Balaban J connectivity index is 1.49. The lowest BCUT2D eigenvalue weighted by molar-refractivity contribution is -0.133. The molecule has 28 heavy (non-hydrogen) atoms. The lowest BCUT2D eigenvalue weighted by atomic mass is 9.90. The van der Waals surface area contributed by atoms with Crippen molar-refractivity contribution in [1.82, 2.24) is 9.80 Å². The molecule has 0 bridgehead atoms. The Kier molecular flexibility index (Phi) is 7.67. The summed E-state index contributed by atoms with van der Waals surface area (Å²) in [5.74, 6) is 1.03. The molecule has 0 saturated carbocycles. The van der Waals surface area contributed by atoms with Gasteiger partial charge in [-0.3, -0.25) is 4.79 Å². The van der Waals surface area contributed by atoms with Gasteiger partial charge in [0, 0.05) is 19.5 Å². The van der Waals surface area contributed by atoms with E-state index in [4.69, 9.17) is 0 Å². The van der Waals surface area contributed by atoms with Crippen LogP contribution in [-0.4, -0.2) is 41.9 Å². The van der Waals surface area contributed by atoms with E-state index < -0.39 is 0 Å². The zero-order chi connectivity index (χ0) is 19.8. The van der Waals surface area contributed by atoms with E-state index in [0.717, 1.165) is 32.1 Å². The van der Waals surface area contributed by atoms with Gasteiger partial charge in [0.25, 0.3) is 0 Å². The van der Waals surface area contributed by atoms with Crippen molar-refractivity contribution in [3.05, 3.63) is 71.8 Å². The second kappa shape index (κ2) is 10.4. The highest BCUT2D eigenvalue weighted by atomic mass is 16.2. The molecule has 1 atom stereocenters. The van der Waals surface area contributed by atoms with E-state index in [1.54, 1.807) is 0 Å². The van der Waals surface area contributed by atoms with Gasteiger partial charge in [-0.25, -0.2) is 0 Å². The van der Waals surface area contributed by atoms with Gasteiger partial charge in [-0.15, -0.1) is 0 Å². The molecule has 1 fully saturated rings. The van der Waals surface area contributed by atoms with Crippen molar-refractivity contribution in [3.63, 3.8) is 0 Å². The Labute approximate surface area is 170 Å². The number of benzene rings is 2. The predicted octanol–water partition coefficient (Wildman–Crippen LogP) is 4.94. The summed E-state index contributed by atoms with van der Waals surface area (Å²) in [6.07, 6.45) is 4.27. The molecule has 1 saturated heterocycles. The molecule has 0 N–H and O–H groups in total. The quantitative estimate of drug-likeness (QED) is 0.649. The number of likely N-dealkylation sites (tertiary alicyclic amines) is 1. The highest BCUT2D eigenvalue weighted by molar-refractivity contribution is 5.76. The zero-order valence-electron chi connectivity index (χ0n) is 17.4. The number of piperidine rings is 1. The lowest BCUT2D eigenvalue weighted by Crippen LogP contribution is -2.42. The van der Waals surface area contributed by atoms with Crippen molar-refractivity contribution in [2.24, 2.45) is 5.92 Å². The Morgan fingerprint density at radius 2 is 1.64 bits per heavy atom. The maximum Gasteiger partial charge on any atom is 0.222 e. The summed E-state index contributed by atoms with van der Waals surface area (Å²) in [5, 5.41) is 0. The molecular formula is C25H34N2O. The van der Waals surface area contributed by atoms with Gasteiger partial charge >= 0.3 is 0 Å². The summed E-state index contributed by atoms with van der Waals surface area (Å²) in [5.41, 5.74) is 2.67. The molecule has 1 aliphatic rings. The molecule has 1 aliphatic heterocycles. The van der Waals surface area contributed by atoms with Crippen LogP contribution >= 0.6 is 0 Å². The first kappa shape index (κ1) is 20.6. The number of hydrogen-bond donors (Lipinski definition) is 0. The molecule has 1 unspecified atom stereocenters. The molecule has 150 valence electrons. The summed E-state index contributed by atoms with van der Waals surface area (Å²) in [6, 6.07) is 21.4. The minimum Gasteiger partial charge on any atom is -0.335 e. The van der Waals surface area contributed by atoms with Gasteiger partial charge in [0.05, 0.1) is 6.04 Å². The monoisotopic (exact) mass is 378 g/mol. The van der Waals surface area contributed by atoms with Crippen LogP contribution in [-0.2, 0) is 11.2 Å². The largest absolute Gasteiger partial charge is 0.335 e. The Bertz CT molecular complexity index is 708. The van der Waals surface area contributed by atoms with Gasteiger partial charge in [-0.1, -0.05) is 67.6 Å². The third kappa shape index (κ3) is 5.68. The first-order chi connectivity index (χ1) is 13.7. The van der Waals surface area contributed by atoms with E-state index in [0.29, 0.717) is 6.42 Å². The number of nitrogens with zero attached hydrogens (tertiary/aromatic N) is 2. The Hall–Kier alpha value is -2.13. The van der Waals surface area contributed by atoms with Crippen molar-refractivity contribution < 1.29 is 4.79 Å². The van der Waals surface area contributed by atoms with Crippen LogP contribution in [0.3, 0.4) is 0 Å². The third-order valence-electron chi connectivity index (χ3n) is 6.10. The molecule has 3 rings (SSSR count). The minimum absolute atomic E-state index is 0.129. The van der Waals surface area contributed by atoms with Crippen LogP contribution in [0.4, 0.5) is 0 Å². The van der Waals surface area contributed by atoms with E-state index in [1.807, 2.05) is 13.0 Å². The highest BCUT2D eigenvalue weighted by Gasteiger charge is 2.23. The van der Waals surface area contributed by atoms with Crippen LogP contribution in [0, 0.1) is 5.92 Å². The van der Waals surface area contributed by atoms with Crippen LogP contribution < -0.4 is 0 Å². The van der Waals surface area contributed by atoms with E-state index in [1.165, 1.54) is 30.4 Å². The summed E-state index contributed by atoms with van der Waals surface area (Å²) < 4.78 is 0. The van der Waals surface area contributed by atoms with Crippen LogP contribution in [0.2, 0.25) is 0 Å². The molecule has 2 aromatic rings. The van der Waals surface area contributed by atoms with Gasteiger partial charge in [0.15, 0.2) is 0 Å². The van der Waals surface area contributed by atoms with E-state index in [9.17, 15) is 4.79 Å². The molecule has 1 heterocycles. The average Bonchev–Trinajstić information content (AvgIpc) is 2.76. The average molecular weight is 379 g/mol. The summed E-state index contributed by atoms with van der Waals surface area (Å²) in [7, 11) is 0. The second-order valence-corrected chi connectivity index (χ2v) is 8.00. The smallest absolute Gasteiger partial charge is 0.222 e. The Morgan fingerprint density at radius 3 is 2.25 bits per heavy atom. The maximum atomic E-state index is 12.6. The van der Waals surface area contributed by atoms with Crippen molar-refractivity contribution in [1.29, 1.82) is 0 Å². The molecule has 3 heteroatoms. The molecule has 2 aromatic carbocycles. The van der Waals surface area contributed by atoms with E-state index >= 15 is 0 Å². The lowest BCUT2D eigenvalue weighted by Gasteiger charge is -2.35. The maximum absolute atomic E-state index is 12.6. The molecule has 1 amide bonds. The molecular weight excluding hydrogens is 344 g/mol. The van der Waals surface area contributed by atoms with Gasteiger partial charge < -0.3 is 9.80 Å². The minimum atomic E-state index is 0.129. The predicted molar refractivity (Wildman–Crippen MR) is 116 cm³/mol. The fourth-order valence-corrected chi connectivity index (χ4v) is 4.26. The van der Waals surface area contributed by atoms with Crippen LogP contribution in [0.15, 0.2) is 60.7 Å². The van der Waals surface area contributed by atoms with Crippen LogP contribution in [0.1, 0.15) is 50.3 Å². The number of hydrogen-bond acceptors (Lipinski definition) is 2. The second-order valence-electron chi connectivity index (χ2n) is 8.00. The van der Waals surface area contributed by atoms with Gasteiger partial charge in [0.1, 0.15) is 0 Å². The Morgan fingerprint density at radius 1 is 1.04 bits per heavy atom. The molecule has 0 aliphatic carbocycles. The number of carbonyl (C=O) groups is 1. The first-order valence-electron chi connectivity index (χ1n) is 10.8. The molecule has 0 radical (unpaired) electrons. The number of amides is 1. The van der Waals surface area contributed by atoms with Crippen LogP contribution in [0.25, 0.3) is 0 Å². The van der Waals surface area contributed by atoms with E-state index in [-0.39, 0.29) is 11.9 Å². The van der Waals surface area contributed by atoms with Gasteiger partial charge in [-0.05, 0) is 56.3 Å². The van der Waals surface area contributed by atoms with Gasteiger partial charge in [-0.2, -0.15) is 0 Å². The van der Waals surface area contributed by atoms with Crippen LogP contribution in [0.5, 0.6) is 0 Å². The standard InChI is InChI=1S/C25H34N2O/c1-3-25(28)27(21(2)24-12-8-5-9-13-24)19-18-26-16-14-23(15-17-26)20-22-10-6-4-7-11-22/h4-13,21,23H,3,14-20H2,1-2H3. The molecule has 0 spiro atoms. The summed E-state index contributed by atoms with van der Waals surface area (Å²) in [4.78, 5) is 17.2. The number of carbonyl (C=O) groups excluding carboxylic acids is 1. The first-order valence-corrected chi connectivity index (χ1v) is 10.8. The van der Waals surface area contributed by atoms with Crippen molar-refractivity contribution >= 4 is 5.91 Å². The fourth-order valence-electron chi connectivity index (χ4n) is 4.26. The third-order valence-corrected chi connectivity index (χ3v) is 6.10. The van der Waals surface area contributed by atoms with Crippen molar-refractivity contribution in [2.75, 3.05) is 26.2 Å². The SMILES string of the molecule is CCC(=O)N(CCN1CCC(Cc2ccccc2)CC1)C(C)c1ccccc1. The van der Waals surface area contributed by atoms with Crippen molar-refractivity contribution in [3.8, 4) is 0 Å². The number of rotatable bonds is 8. The van der Waals surface area contributed by atoms with E-state index in [2.05, 4.69) is 71.3 Å². The summed E-state index contributed by atoms with van der Waals surface area (Å²) >= 11 is 0.